The Balaban J connectivity index is 3.05. The summed E-state index contributed by atoms with van der Waals surface area (Å²) in [6.07, 6.45) is 0.297. The molecule has 1 aromatic carbocycles. The van der Waals surface area contributed by atoms with Crippen molar-refractivity contribution in [2.75, 3.05) is 0 Å². The van der Waals surface area contributed by atoms with E-state index in [1.165, 1.54) is 18.2 Å². The zero-order valence-corrected chi connectivity index (χ0v) is 8.93. The van der Waals surface area contributed by atoms with Gasteiger partial charge in [-0.15, -0.1) is 12.6 Å². The van der Waals surface area contributed by atoms with Crippen LogP contribution >= 0.6 is 12.6 Å². The monoisotopic (exact) mass is 232 g/mol. The highest BCUT2D eigenvalue weighted by atomic mass is 32.1. The van der Waals surface area contributed by atoms with Gasteiger partial charge >= 0.3 is 6.61 Å². The minimum absolute atomic E-state index is 0.0763. The van der Waals surface area contributed by atoms with Crippen LogP contribution in [0.4, 0.5) is 8.78 Å². The average molecular weight is 232 g/mol. The number of halogens is 2. The molecule has 0 aliphatic heterocycles. The molecule has 0 radical (unpaired) electrons. The normalized spacial score (nSPS) is 10.5. The van der Waals surface area contributed by atoms with Gasteiger partial charge in [-0.1, -0.05) is 19.1 Å². The molecule has 0 aliphatic rings. The largest absolute Gasteiger partial charge is 0.434 e. The lowest BCUT2D eigenvalue weighted by Gasteiger charge is -2.09. The molecule has 0 saturated heterocycles. The van der Waals surface area contributed by atoms with Gasteiger partial charge in [-0.05, 0) is 6.07 Å². The van der Waals surface area contributed by atoms with Gasteiger partial charge in [0.25, 0.3) is 0 Å². The van der Waals surface area contributed by atoms with Crippen LogP contribution in [-0.2, 0) is 0 Å². The molecule has 2 nitrogen and oxygen atoms in total. The summed E-state index contributed by atoms with van der Waals surface area (Å²) in [7, 11) is 0. The Morgan fingerprint density at radius 3 is 2.73 bits per heavy atom. The Kier molecular flexibility index (Phi) is 4.08. The number of alkyl halides is 2. The van der Waals surface area contributed by atoms with Crippen LogP contribution < -0.4 is 4.74 Å². The summed E-state index contributed by atoms with van der Waals surface area (Å²) < 4.78 is 28.2. The minimum Gasteiger partial charge on any atom is -0.434 e. The number of ether oxygens (including phenoxy) is 1. The second kappa shape index (κ2) is 5.11. The molecule has 0 aromatic heterocycles. The number of Topliss-reactive ketones (excluding diaryl/α,β-unsaturated/α-hetero) is 1. The molecular weight excluding hydrogens is 222 g/mol. The van der Waals surface area contributed by atoms with E-state index in [9.17, 15) is 13.6 Å². The third-order valence-electron chi connectivity index (χ3n) is 1.84. The zero-order valence-electron chi connectivity index (χ0n) is 8.04. The molecule has 0 spiro atoms. The Morgan fingerprint density at radius 1 is 1.53 bits per heavy atom. The van der Waals surface area contributed by atoms with Crippen molar-refractivity contribution in [1.82, 2.24) is 0 Å². The number of rotatable bonds is 4. The quantitative estimate of drug-likeness (QED) is 0.637. The first-order valence-corrected chi connectivity index (χ1v) is 4.81. The summed E-state index contributed by atoms with van der Waals surface area (Å²) in [6.45, 7) is -1.22. The van der Waals surface area contributed by atoms with E-state index in [1.54, 1.807) is 6.92 Å². The van der Waals surface area contributed by atoms with Crippen molar-refractivity contribution in [3.05, 3.63) is 23.8 Å². The van der Waals surface area contributed by atoms with Crippen LogP contribution in [-0.4, -0.2) is 12.4 Å². The first kappa shape index (κ1) is 12.0. The Bertz CT molecular complexity index is 366. The fraction of sp³-hybridized carbons (Fsp3) is 0.300. The van der Waals surface area contributed by atoms with Crippen LogP contribution in [0.15, 0.2) is 23.1 Å². The maximum Gasteiger partial charge on any atom is 0.387 e. The fourth-order valence-corrected chi connectivity index (χ4v) is 1.46. The highest BCUT2D eigenvalue weighted by Crippen LogP contribution is 2.28. The third-order valence-corrected chi connectivity index (χ3v) is 2.30. The number of hydrogen-bond acceptors (Lipinski definition) is 3. The Labute approximate surface area is 91.7 Å². The SMILES string of the molecule is CCC(=O)c1cccc(OC(F)F)c1S. The topological polar surface area (TPSA) is 26.3 Å². The van der Waals surface area contributed by atoms with Crippen molar-refractivity contribution in [1.29, 1.82) is 0 Å². The summed E-state index contributed by atoms with van der Waals surface area (Å²) in [6, 6.07) is 4.37. The van der Waals surface area contributed by atoms with Crippen LogP contribution in [0.1, 0.15) is 23.7 Å². The lowest BCUT2D eigenvalue weighted by atomic mass is 10.1. The smallest absolute Gasteiger partial charge is 0.387 e. The van der Waals surface area contributed by atoms with Gasteiger partial charge in [0.2, 0.25) is 0 Å². The van der Waals surface area contributed by atoms with Crippen molar-refractivity contribution >= 4 is 18.4 Å². The summed E-state index contributed by atoms with van der Waals surface area (Å²) in [5.74, 6) is -0.229. The van der Waals surface area contributed by atoms with Crippen molar-refractivity contribution < 1.29 is 18.3 Å². The molecule has 0 heterocycles. The first-order chi connectivity index (χ1) is 7.06. The lowest BCUT2D eigenvalue weighted by Crippen LogP contribution is -2.05. The number of benzene rings is 1. The second-order valence-corrected chi connectivity index (χ2v) is 3.25. The predicted octanol–water partition coefficient (Wildman–Crippen LogP) is 3.17. The molecule has 0 aliphatic carbocycles. The van der Waals surface area contributed by atoms with Gasteiger partial charge in [-0.2, -0.15) is 8.78 Å². The van der Waals surface area contributed by atoms with Gasteiger partial charge in [0.05, 0.1) is 4.90 Å². The van der Waals surface area contributed by atoms with Gasteiger partial charge in [0.1, 0.15) is 5.75 Å². The molecule has 0 bridgehead atoms. The van der Waals surface area contributed by atoms with Gasteiger partial charge in [-0.3, -0.25) is 4.79 Å². The van der Waals surface area contributed by atoms with Crippen molar-refractivity contribution in [2.45, 2.75) is 24.9 Å². The maximum atomic E-state index is 12.0. The zero-order chi connectivity index (χ0) is 11.4. The van der Waals surface area contributed by atoms with E-state index < -0.39 is 6.61 Å². The summed E-state index contributed by atoms with van der Waals surface area (Å²) in [5, 5.41) is 0. The molecule has 0 fully saturated rings. The van der Waals surface area contributed by atoms with E-state index in [0.29, 0.717) is 12.0 Å². The minimum atomic E-state index is -2.91. The van der Waals surface area contributed by atoms with E-state index in [-0.39, 0.29) is 16.4 Å². The van der Waals surface area contributed by atoms with E-state index in [0.717, 1.165) is 0 Å². The summed E-state index contributed by atoms with van der Waals surface area (Å²) in [5.41, 5.74) is 0.305. The van der Waals surface area contributed by atoms with Crippen LogP contribution in [0.25, 0.3) is 0 Å². The van der Waals surface area contributed by atoms with Gasteiger partial charge in [0, 0.05) is 12.0 Å². The number of carbonyl (C=O) groups is 1. The van der Waals surface area contributed by atoms with Crippen LogP contribution in [0, 0.1) is 0 Å². The van der Waals surface area contributed by atoms with Crippen LogP contribution in [0.2, 0.25) is 0 Å². The molecule has 0 amide bonds. The molecule has 0 saturated carbocycles. The maximum absolute atomic E-state index is 12.0. The van der Waals surface area contributed by atoms with E-state index in [4.69, 9.17) is 0 Å². The first-order valence-electron chi connectivity index (χ1n) is 4.36. The predicted molar refractivity (Wildman–Crippen MR) is 54.9 cm³/mol. The highest BCUT2D eigenvalue weighted by Gasteiger charge is 2.14. The number of ketones is 1. The molecule has 1 aromatic rings. The molecule has 0 N–H and O–H groups in total. The van der Waals surface area contributed by atoms with E-state index in [2.05, 4.69) is 17.4 Å². The average Bonchev–Trinajstić information content (AvgIpc) is 2.19. The third kappa shape index (κ3) is 2.92. The molecular formula is C10H10F2O2S. The molecule has 15 heavy (non-hydrogen) atoms. The number of hydrogen-bond donors (Lipinski definition) is 1. The second-order valence-electron chi connectivity index (χ2n) is 2.81. The molecule has 0 atom stereocenters. The van der Waals surface area contributed by atoms with E-state index >= 15 is 0 Å². The molecule has 0 unspecified atom stereocenters. The van der Waals surface area contributed by atoms with Crippen LogP contribution in [0.3, 0.4) is 0 Å². The number of carbonyl (C=O) groups excluding carboxylic acids is 1. The van der Waals surface area contributed by atoms with Crippen molar-refractivity contribution in [3.63, 3.8) is 0 Å². The fourth-order valence-electron chi connectivity index (χ4n) is 1.13. The Morgan fingerprint density at radius 2 is 2.20 bits per heavy atom. The van der Waals surface area contributed by atoms with Gasteiger partial charge in [-0.25, -0.2) is 0 Å². The van der Waals surface area contributed by atoms with Gasteiger partial charge < -0.3 is 4.74 Å². The number of thiol groups is 1. The summed E-state index contributed by atoms with van der Waals surface area (Å²) in [4.78, 5) is 11.5. The Hall–Kier alpha value is -1.10. The molecule has 5 heteroatoms. The molecule has 82 valence electrons. The highest BCUT2D eigenvalue weighted by molar-refractivity contribution is 7.80. The standard InChI is InChI=1S/C10H10F2O2S/c1-2-7(13)6-4-3-5-8(9(6)15)14-10(11)12/h3-5,10,15H,2H2,1H3. The lowest BCUT2D eigenvalue weighted by molar-refractivity contribution is -0.0517. The summed E-state index contributed by atoms with van der Waals surface area (Å²) >= 11 is 4.00. The van der Waals surface area contributed by atoms with Crippen molar-refractivity contribution in [3.8, 4) is 5.75 Å². The molecule has 1 rings (SSSR count). The van der Waals surface area contributed by atoms with E-state index in [1.807, 2.05) is 0 Å². The van der Waals surface area contributed by atoms with Crippen molar-refractivity contribution in [2.24, 2.45) is 0 Å². The van der Waals surface area contributed by atoms with Gasteiger partial charge in [0.15, 0.2) is 5.78 Å². The van der Waals surface area contributed by atoms with Crippen LogP contribution in [0.5, 0.6) is 5.75 Å².